The standard InChI is InChI=1S/C15H17NO3/c1-15(9-17,10-6-7-10)16-14(18)12-8-19-13-5-3-2-4-11(12)13/h2-5,8,10,17H,6-7,9H2,1H3,(H,16,18)/t15-/m1/s1. The zero-order valence-electron chi connectivity index (χ0n) is 10.8. The first-order valence-electron chi connectivity index (χ1n) is 6.53. The molecule has 4 heteroatoms. The first-order chi connectivity index (χ1) is 9.14. The van der Waals surface area contributed by atoms with Gasteiger partial charge in [0.05, 0.1) is 17.7 Å². The van der Waals surface area contributed by atoms with Crippen LogP contribution in [0.2, 0.25) is 0 Å². The zero-order valence-corrected chi connectivity index (χ0v) is 10.8. The van der Waals surface area contributed by atoms with Gasteiger partial charge in [-0.2, -0.15) is 0 Å². The highest BCUT2D eigenvalue weighted by molar-refractivity contribution is 6.06. The number of furan rings is 1. The number of para-hydroxylation sites is 1. The molecule has 1 aromatic heterocycles. The van der Waals surface area contributed by atoms with Crippen LogP contribution in [0.3, 0.4) is 0 Å². The Morgan fingerprint density at radius 3 is 2.89 bits per heavy atom. The van der Waals surface area contributed by atoms with E-state index in [4.69, 9.17) is 4.42 Å². The molecule has 1 fully saturated rings. The predicted molar refractivity (Wildman–Crippen MR) is 71.9 cm³/mol. The third-order valence-corrected chi connectivity index (χ3v) is 3.93. The van der Waals surface area contributed by atoms with Crippen molar-refractivity contribution in [3.63, 3.8) is 0 Å². The van der Waals surface area contributed by atoms with Crippen LogP contribution < -0.4 is 5.32 Å². The van der Waals surface area contributed by atoms with Crippen molar-refractivity contribution >= 4 is 16.9 Å². The molecule has 100 valence electrons. The molecule has 0 radical (unpaired) electrons. The van der Waals surface area contributed by atoms with Crippen LogP contribution in [-0.2, 0) is 0 Å². The average molecular weight is 259 g/mol. The lowest BCUT2D eigenvalue weighted by atomic mass is 9.96. The van der Waals surface area contributed by atoms with E-state index in [1.165, 1.54) is 6.26 Å². The summed E-state index contributed by atoms with van der Waals surface area (Å²) < 4.78 is 5.37. The summed E-state index contributed by atoms with van der Waals surface area (Å²) in [6, 6.07) is 7.44. The first-order valence-corrected chi connectivity index (χ1v) is 6.53. The van der Waals surface area contributed by atoms with Crippen molar-refractivity contribution in [2.75, 3.05) is 6.61 Å². The fourth-order valence-electron chi connectivity index (χ4n) is 2.47. The van der Waals surface area contributed by atoms with Crippen LogP contribution in [0.15, 0.2) is 34.9 Å². The highest BCUT2D eigenvalue weighted by atomic mass is 16.3. The molecule has 1 saturated carbocycles. The number of hydrogen-bond acceptors (Lipinski definition) is 3. The molecule has 2 aromatic rings. The zero-order chi connectivity index (χ0) is 13.5. The fraction of sp³-hybridized carbons (Fsp3) is 0.400. The van der Waals surface area contributed by atoms with Crippen LogP contribution in [0.5, 0.6) is 0 Å². The largest absolute Gasteiger partial charge is 0.463 e. The van der Waals surface area contributed by atoms with Gasteiger partial charge in [-0.15, -0.1) is 0 Å². The van der Waals surface area contributed by atoms with Gasteiger partial charge >= 0.3 is 0 Å². The Kier molecular flexibility index (Phi) is 2.82. The number of aliphatic hydroxyl groups excluding tert-OH is 1. The Hall–Kier alpha value is -1.81. The molecule has 0 spiro atoms. The number of aliphatic hydroxyl groups is 1. The summed E-state index contributed by atoms with van der Waals surface area (Å²) in [7, 11) is 0. The fourth-order valence-corrected chi connectivity index (χ4v) is 2.47. The number of carbonyl (C=O) groups is 1. The second-order valence-corrected chi connectivity index (χ2v) is 5.45. The summed E-state index contributed by atoms with van der Waals surface area (Å²) in [4.78, 5) is 12.3. The lowest BCUT2D eigenvalue weighted by Crippen LogP contribution is -2.50. The SMILES string of the molecule is C[C@](CO)(NC(=O)c1coc2ccccc12)C1CC1. The summed E-state index contributed by atoms with van der Waals surface area (Å²) in [5, 5.41) is 13.3. The van der Waals surface area contributed by atoms with Crippen molar-refractivity contribution in [2.45, 2.75) is 25.3 Å². The Balaban J connectivity index is 1.87. The molecule has 1 heterocycles. The van der Waals surface area contributed by atoms with Gasteiger partial charge in [0, 0.05) is 5.39 Å². The van der Waals surface area contributed by atoms with Crippen LogP contribution in [0.4, 0.5) is 0 Å². The molecule has 19 heavy (non-hydrogen) atoms. The van der Waals surface area contributed by atoms with Crippen molar-refractivity contribution in [2.24, 2.45) is 5.92 Å². The number of fused-ring (bicyclic) bond motifs is 1. The molecule has 0 aliphatic heterocycles. The van der Waals surface area contributed by atoms with Gasteiger partial charge in [-0.3, -0.25) is 4.79 Å². The van der Waals surface area contributed by atoms with Gasteiger partial charge in [-0.25, -0.2) is 0 Å². The van der Waals surface area contributed by atoms with Crippen LogP contribution >= 0.6 is 0 Å². The van der Waals surface area contributed by atoms with Crippen LogP contribution in [-0.4, -0.2) is 23.2 Å². The Morgan fingerprint density at radius 1 is 1.47 bits per heavy atom. The van der Waals surface area contributed by atoms with Gasteiger partial charge in [0.15, 0.2) is 0 Å². The van der Waals surface area contributed by atoms with E-state index in [0.717, 1.165) is 18.2 Å². The van der Waals surface area contributed by atoms with Gasteiger partial charge in [-0.05, 0) is 31.7 Å². The molecule has 1 aromatic carbocycles. The van der Waals surface area contributed by atoms with E-state index in [1.807, 2.05) is 31.2 Å². The normalized spacial score (nSPS) is 18.2. The quantitative estimate of drug-likeness (QED) is 0.885. The molecule has 1 amide bonds. The van der Waals surface area contributed by atoms with E-state index < -0.39 is 5.54 Å². The number of amides is 1. The predicted octanol–water partition coefficient (Wildman–Crippen LogP) is 2.32. The highest BCUT2D eigenvalue weighted by Gasteiger charge is 2.42. The summed E-state index contributed by atoms with van der Waals surface area (Å²) >= 11 is 0. The van der Waals surface area contributed by atoms with Gasteiger partial charge in [-0.1, -0.05) is 18.2 Å². The lowest BCUT2D eigenvalue weighted by molar-refractivity contribution is 0.0825. The number of nitrogens with one attached hydrogen (secondary N) is 1. The monoisotopic (exact) mass is 259 g/mol. The van der Waals surface area contributed by atoms with E-state index in [2.05, 4.69) is 5.32 Å². The molecular formula is C15H17NO3. The van der Waals surface area contributed by atoms with Gasteiger partial charge in [0.2, 0.25) is 0 Å². The van der Waals surface area contributed by atoms with Gasteiger partial charge in [0.1, 0.15) is 11.8 Å². The van der Waals surface area contributed by atoms with Crippen LogP contribution in [0, 0.1) is 5.92 Å². The second-order valence-electron chi connectivity index (χ2n) is 5.45. The number of benzene rings is 1. The van der Waals surface area contributed by atoms with Crippen molar-refractivity contribution in [3.8, 4) is 0 Å². The Morgan fingerprint density at radius 2 is 2.21 bits per heavy atom. The van der Waals surface area contributed by atoms with Crippen molar-refractivity contribution in [1.29, 1.82) is 0 Å². The van der Waals surface area contributed by atoms with Crippen LogP contribution in [0.25, 0.3) is 11.0 Å². The molecular weight excluding hydrogens is 242 g/mol. The molecule has 0 saturated heterocycles. The van der Waals surface area contributed by atoms with E-state index >= 15 is 0 Å². The number of hydrogen-bond donors (Lipinski definition) is 2. The minimum Gasteiger partial charge on any atom is -0.463 e. The molecule has 2 N–H and O–H groups in total. The smallest absolute Gasteiger partial charge is 0.255 e. The maximum Gasteiger partial charge on any atom is 0.255 e. The number of rotatable bonds is 4. The highest BCUT2D eigenvalue weighted by Crippen LogP contribution is 2.39. The van der Waals surface area contributed by atoms with E-state index in [-0.39, 0.29) is 12.5 Å². The molecule has 1 atom stereocenters. The van der Waals surface area contributed by atoms with Gasteiger partial charge in [0.25, 0.3) is 5.91 Å². The summed E-state index contributed by atoms with van der Waals surface area (Å²) in [6.07, 6.45) is 3.59. The maximum atomic E-state index is 12.3. The van der Waals surface area contributed by atoms with Crippen LogP contribution in [0.1, 0.15) is 30.1 Å². The lowest BCUT2D eigenvalue weighted by Gasteiger charge is -2.28. The van der Waals surface area contributed by atoms with Gasteiger partial charge < -0.3 is 14.8 Å². The van der Waals surface area contributed by atoms with Crippen molar-refractivity contribution < 1.29 is 14.3 Å². The molecule has 4 nitrogen and oxygen atoms in total. The summed E-state index contributed by atoms with van der Waals surface area (Å²) in [6.45, 7) is 1.85. The summed E-state index contributed by atoms with van der Waals surface area (Å²) in [5.41, 5.74) is 0.691. The van der Waals surface area contributed by atoms with Crippen molar-refractivity contribution in [1.82, 2.24) is 5.32 Å². The molecule has 0 bridgehead atoms. The number of carbonyl (C=O) groups excluding carboxylic acids is 1. The third kappa shape index (κ3) is 2.12. The van der Waals surface area contributed by atoms with E-state index in [1.54, 1.807) is 0 Å². The minimum atomic E-state index is -0.532. The first kappa shape index (κ1) is 12.2. The maximum absolute atomic E-state index is 12.3. The third-order valence-electron chi connectivity index (χ3n) is 3.93. The average Bonchev–Trinajstić information content (AvgIpc) is 3.19. The molecule has 3 rings (SSSR count). The Bertz CT molecular complexity index is 615. The second kappa shape index (κ2) is 4.38. The summed E-state index contributed by atoms with van der Waals surface area (Å²) in [5.74, 6) is 0.188. The van der Waals surface area contributed by atoms with E-state index in [0.29, 0.717) is 17.1 Å². The van der Waals surface area contributed by atoms with Crippen molar-refractivity contribution in [3.05, 3.63) is 36.1 Å². The Labute approximate surface area is 111 Å². The molecule has 1 aliphatic carbocycles. The molecule has 0 unspecified atom stereocenters. The minimum absolute atomic E-state index is 0.0425. The molecule has 1 aliphatic rings. The topological polar surface area (TPSA) is 62.5 Å². The van der Waals surface area contributed by atoms with E-state index in [9.17, 15) is 9.90 Å².